The minimum absolute atomic E-state index is 0.104. The van der Waals surface area contributed by atoms with Crippen molar-refractivity contribution in [2.75, 3.05) is 27.5 Å². The van der Waals surface area contributed by atoms with Crippen LogP contribution < -0.4 is 16.0 Å². The Bertz CT molecular complexity index is 885. The van der Waals surface area contributed by atoms with Crippen molar-refractivity contribution in [3.05, 3.63) is 36.5 Å². The molecule has 2 heterocycles. The molecule has 1 fully saturated rings. The quantitative estimate of drug-likeness (QED) is 0.744. The highest BCUT2D eigenvalue weighted by atomic mass is 32.2. The Morgan fingerprint density at radius 1 is 1.24 bits per heavy atom. The van der Waals surface area contributed by atoms with Crippen LogP contribution in [0.4, 0.5) is 23.1 Å². The molecule has 0 aliphatic carbocycles. The van der Waals surface area contributed by atoms with Gasteiger partial charge >= 0.3 is 0 Å². The van der Waals surface area contributed by atoms with Gasteiger partial charge in [-0.25, -0.2) is 13.4 Å². The monoisotopic (exact) mass is 361 g/mol. The van der Waals surface area contributed by atoms with Crippen molar-refractivity contribution >= 4 is 38.9 Å². The van der Waals surface area contributed by atoms with E-state index in [9.17, 15) is 13.2 Å². The van der Waals surface area contributed by atoms with Gasteiger partial charge in [-0.2, -0.15) is 4.98 Å². The molecule has 25 heavy (non-hydrogen) atoms. The molecule has 9 heteroatoms. The van der Waals surface area contributed by atoms with Crippen LogP contribution in [0.2, 0.25) is 0 Å². The number of carbonyl (C=O) groups is 1. The lowest BCUT2D eigenvalue weighted by Gasteiger charge is -2.12. The first-order chi connectivity index (χ1) is 11.9. The van der Waals surface area contributed by atoms with Gasteiger partial charge in [-0.3, -0.25) is 4.79 Å². The minimum atomic E-state index is -2.96. The second-order valence-electron chi connectivity index (χ2n) is 5.90. The Morgan fingerprint density at radius 3 is 2.76 bits per heavy atom. The number of rotatable bonds is 5. The van der Waals surface area contributed by atoms with Gasteiger partial charge in [0.05, 0.1) is 11.5 Å². The highest BCUT2D eigenvalue weighted by Gasteiger charge is 2.28. The van der Waals surface area contributed by atoms with Gasteiger partial charge < -0.3 is 16.0 Å². The molecule has 1 unspecified atom stereocenters. The van der Waals surface area contributed by atoms with Gasteiger partial charge in [-0.15, -0.1) is 0 Å². The van der Waals surface area contributed by atoms with Gasteiger partial charge in [0.25, 0.3) is 0 Å². The molecule has 1 aromatic carbocycles. The Hall–Kier alpha value is -2.68. The second kappa shape index (κ2) is 7.06. The van der Waals surface area contributed by atoms with Crippen LogP contribution in [0.5, 0.6) is 0 Å². The molecule has 0 spiro atoms. The van der Waals surface area contributed by atoms with E-state index in [4.69, 9.17) is 0 Å². The molecule has 1 aromatic heterocycles. The van der Waals surface area contributed by atoms with E-state index in [1.54, 1.807) is 24.4 Å². The van der Waals surface area contributed by atoms with Gasteiger partial charge in [-0.05, 0) is 30.7 Å². The van der Waals surface area contributed by atoms with E-state index in [0.717, 1.165) is 5.69 Å². The van der Waals surface area contributed by atoms with Crippen LogP contribution in [0.15, 0.2) is 36.5 Å². The lowest BCUT2D eigenvalue weighted by molar-refractivity contribution is -0.114. The average Bonchev–Trinajstić information content (AvgIpc) is 2.86. The van der Waals surface area contributed by atoms with Crippen LogP contribution in [0.25, 0.3) is 0 Å². The summed E-state index contributed by atoms with van der Waals surface area (Å²) in [5.41, 5.74) is 1.44. The molecule has 0 saturated carbocycles. The molecule has 0 bridgehead atoms. The lowest BCUT2D eigenvalue weighted by atomic mass is 10.2. The topological polar surface area (TPSA) is 113 Å². The van der Waals surface area contributed by atoms with Crippen LogP contribution >= 0.6 is 0 Å². The molecular weight excluding hydrogens is 342 g/mol. The summed E-state index contributed by atoms with van der Waals surface area (Å²) in [6.07, 6.45) is 2.15. The molecule has 1 aliphatic heterocycles. The Labute approximate surface area is 146 Å². The Kier molecular flexibility index (Phi) is 4.84. The van der Waals surface area contributed by atoms with Crippen LogP contribution in [0.1, 0.15) is 13.3 Å². The first-order valence-electron chi connectivity index (χ1n) is 7.84. The summed E-state index contributed by atoms with van der Waals surface area (Å²) in [6.45, 7) is 1.45. The fourth-order valence-electron chi connectivity index (χ4n) is 2.62. The second-order valence-corrected chi connectivity index (χ2v) is 8.13. The zero-order chi connectivity index (χ0) is 17.9. The molecule has 1 saturated heterocycles. The molecule has 132 valence electrons. The van der Waals surface area contributed by atoms with E-state index in [1.165, 1.54) is 6.92 Å². The summed E-state index contributed by atoms with van der Waals surface area (Å²) in [7, 11) is -2.96. The van der Waals surface area contributed by atoms with Crippen molar-refractivity contribution in [1.82, 2.24) is 9.97 Å². The summed E-state index contributed by atoms with van der Waals surface area (Å²) < 4.78 is 23.0. The summed E-state index contributed by atoms with van der Waals surface area (Å²) in [5, 5.41) is 8.92. The molecular formula is C16H19N5O3S. The van der Waals surface area contributed by atoms with Gasteiger partial charge in [0, 0.05) is 30.5 Å². The number of hydrogen-bond donors (Lipinski definition) is 3. The smallest absolute Gasteiger partial charge is 0.224 e. The van der Waals surface area contributed by atoms with Crippen LogP contribution in [0, 0.1) is 0 Å². The molecule has 3 rings (SSSR count). The standard InChI is InChI=1S/C16H19N5O3S/c1-11(22)18-12-3-2-4-13(9-12)19-15-5-7-17-16(21-15)20-14-6-8-25(23,24)10-14/h2-5,7,9,14H,6,8,10H2,1H3,(H,18,22)(H2,17,19,20,21). The Morgan fingerprint density at radius 2 is 2.04 bits per heavy atom. The molecule has 0 radical (unpaired) electrons. The van der Waals surface area contributed by atoms with Gasteiger partial charge in [0.1, 0.15) is 5.82 Å². The normalized spacial score (nSPS) is 18.5. The van der Waals surface area contributed by atoms with Gasteiger partial charge in [-0.1, -0.05) is 6.07 Å². The summed E-state index contributed by atoms with van der Waals surface area (Å²) in [5.74, 6) is 1.10. The highest BCUT2D eigenvalue weighted by Crippen LogP contribution is 2.20. The fraction of sp³-hybridized carbons (Fsp3) is 0.312. The van der Waals surface area contributed by atoms with Crippen molar-refractivity contribution in [1.29, 1.82) is 0 Å². The summed E-state index contributed by atoms with van der Waals surface area (Å²) in [4.78, 5) is 19.6. The average molecular weight is 361 g/mol. The highest BCUT2D eigenvalue weighted by molar-refractivity contribution is 7.91. The number of nitrogens with one attached hydrogen (secondary N) is 3. The maximum atomic E-state index is 11.5. The SMILES string of the molecule is CC(=O)Nc1cccc(Nc2ccnc(NC3CCS(=O)(=O)C3)n2)c1. The largest absolute Gasteiger partial charge is 0.350 e. The summed E-state index contributed by atoms with van der Waals surface area (Å²) in [6, 6.07) is 8.80. The van der Waals surface area contributed by atoms with E-state index in [0.29, 0.717) is 23.9 Å². The molecule has 8 nitrogen and oxygen atoms in total. The van der Waals surface area contributed by atoms with Crippen molar-refractivity contribution in [3.8, 4) is 0 Å². The number of carbonyl (C=O) groups excluding carboxylic acids is 1. The number of nitrogens with zero attached hydrogens (tertiary/aromatic N) is 2. The van der Waals surface area contributed by atoms with Gasteiger partial charge in [0.15, 0.2) is 9.84 Å². The minimum Gasteiger partial charge on any atom is -0.350 e. The van der Waals surface area contributed by atoms with E-state index < -0.39 is 9.84 Å². The van der Waals surface area contributed by atoms with E-state index in [2.05, 4.69) is 25.9 Å². The van der Waals surface area contributed by atoms with Gasteiger partial charge in [0.2, 0.25) is 11.9 Å². The van der Waals surface area contributed by atoms with Crippen molar-refractivity contribution in [2.24, 2.45) is 0 Å². The molecule has 2 aromatic rings. The Balaban J connectivity index is 1.68. The first kappa shape index (κ1) is 17.2. The lowest BCUT2D eigenvalue weighted by Crippen LogP contribution is -2.22. The van der Waals surface area contributed by atoms with E-state index in [-0.39, 0.29) is 23.5 Å². The summed E-state index contributed by atoms with van der Waals surface area (Å²) >= 11 is 0. The van der Waals surface area contributed by atoms with Crippen molar-refractivity contribution in [3.63, 3.8) is 0 Å². The molecule has 1 aliphatic rings. The maximum Gasteiger partial charge on any atom is 0.224 e. The van der Waals surface area contributed by atoms with Crippen LogP contribution in [-0.4, -0.2) is 41.8 Å². The van der Waals surface area contributed by atoms with Crippen LogP contribution in [-0.2, 0) is 14.6 Å². The number of benzene rings is 1. The molecule has 1 amide bonds. The number of hydrogen-bond acceptors (Lipinski definition) is 7. The number of aromatic nitrogens is 2. The third kappa shape index (κ3) is 4.90. The molecule has 1 atom stereocenters. The first-order valence-corrected chi connectivity index (χ1v) is 9.66. The van der Waals surface area contributed by atoms with Crippen molar-refractivity contribution in [2.45, 2.75) is 19.4 Å². The number of sulfone groups is 1. The fourth-order valence-corrected chi connectivity index (χ4v) is 4.29. The van der Waals surface area contributed by atoms with Crippen molar-refractivity contribution < 1.29 is 13.2 Å². The predicted molar refractivity (Wildman–Crippen MR) is 96.7 cm³/mol. The number of anilines is 4. The van der Waals surface area contributed by atoms with E-state index in [1.807, 2.05) is 12.1 Å². The zero-order valence-corrected chi connectivity index (χ0v) is 14.5. The maximum absolute atomic E-state index is 11.5. The predicted octanol–water partition coefficient (Wildman–Crippen LogP) is 1.78. The zero-order valence-electron chi connectivity index (χ0n) is 13.7. The third-order valence-electron chi connectivity index (χ3n) is 3.68. The molecule has 3 N–H and O–H groups in total. The van der Waals surface area contributed by atoms with E-state index >= 15 is 0 Å². The number of amides is 1. The van der Waals surface area contributed by atoms with Crippen LogP contribution in [0.3, 0.4) is 0 Å². The third-order valence-corrected chi connectivity index (χ3v) is 5.44.